The summed E-state index contributed by atoms with van der Waals surface area (Å²) in [6.45, 7) is 12.0. The molecule has 2 aliphatic rings. The van der Waals surface area contributed by atoms with E-state index in [0.29, 0.717) is 0 Å². The van der Waals surface area contributed by atoms with Crippen LogP contribution in [0.25, 0.3) is 11.5 Å². The Morgan fingerprint density at radius 2 is 0.810 bits per heavy atom. The molecule has 0 heterocycles. The van der Waals surface area contributed by atoms with E-state index in [2.05, 4.69) is 34.6 Å². The second kappa shape index (κ2) is 12.0. The van der Waals surface area contributed by atoms with E-state index in [1.165, 1.54) is 12.8 Å². The normalized spacial score (nSPS) is 41.6. The Labute approximate surface area is 146 Å². The summed E-state index contributed by atoms with van der Waals surface area (Å²) in [7, 11) is 0. The van der Waals surface area contributed by atoms with E-state index in [1.54, 1.807) is 0 Å². The Bertz CT molecular complexity index is 198. The SMILES string of the molecule is CC1C(C)C(C)C(C)C1C.O.[CH3-].[Ir+3].[NH-][C@H]1CCCC[C@@H]1[NH-]. The van der Waals surface area contributed by atoms with Crippen LogP contribution in [0.5, 0.6) is 0 Å². The van der Waals surface area contributed by atoms with Crippen LogP contribution in [0, 0.1) is 37.0 Å². The van der Waals surface area contributed by atoms with Crippen LogP contribution in [0.2, 0.25) is 0 Å². The van der Waals surface area contributed by atoms with Crippen molar-refractivity contribution in [1.29, 1.82) is 0 Å². The monoisotopic (exact) mass is 478 g/mol. The van der Waals surface area contributed by atoms with Crippen molar-refractivity contribution in [3.63, 3.8) is 0 Å². The molecule has 0 aliphatic heterocycles. The molecule has 4 N–H and O–H groups in total. The minimum Gasteiger partial charge on any atom is -0.676 e. The fourth-order valence-electron chi connectivity index (χ4n) is 3.52. The molecule has 2 rings (SSSR count). The van der Waals surface area contributed by atoms with Crippen LogP contribution < -0.4 is 0 Å². The predicted molar refractivity (Wildman–Crippen MR) is 90.5 cm³/mol. The van der Waals surface area contributed by atoms with Crippen molar-refractivity contribution in [2.75, 3.05) is 0 Å². The summed E-state index contributed by atoms with van der Waals surface area (Å²) in [5.41, 5.74) is 14.6. The first-order valence-corrected chi connectivity index (χ1v) is 7.78. The van der Waals surface area contributed by atoms with Gasteiger partial charge in [-0.25, -0.2) is 0 Å². The molecule has 2 fully saturated rings. The van der Waals surface area contributed by atoms with Crippen molar-refractivity contribution in [3.8, 4) is 0 Å². The molecule has 0 saturated heterocycles. The number of nitrogens with one attached hydrogen (secondary N) is 2. The van der Waals surface area contributed by atoms with Gasteiger partial charge < -0.3 is 24.4 Å². The van der Waals surface area contributed by atoms with Gasteiger partial charge >= 0.3 is 20.1 Å². The van der Waals surface area contributed by atoms with E-state index in [4.69, 9.17) is 11.5 Å². The maximum absolute atomic E-state index is 7.29. The van der Waals surface area contributed by atoms with Gasteiger partial charge in [0.05, 0.1) is 0 Å². The Hall–Kier alpha value is 0.529. The van der Waals surface area contributed by atoms with Gasteiger partial charge in [0.25, 0.3) is 0 Å². The average Bonchev–Trinajstić information content (AvgIpc) is 2.52. The van der Waals surface area contributed by atoms with E-state index in [-0.39, 0.29) is 45.1 Å². The van der Waals surface area contributed by atoms with E-state index < -0.39 is 0 Å². The fraction of sp³-hybridized carbons (Fsp3) is 0.941. The Morgan fingerprint density at radius 1 is 0.619 bits per heavy atom. The minimum atomic E-state index is -0.0799. The molecular weight excluding hydrogens is 440 g/mol. The zero-order chi connectivity index (χ0) is 13.9. The van der Waals surface area contributed by atoms with Gasteiger partial charge in [-0.3, -0.25) is 0 Å². The molecule has 0 amide bonds. The Balaban J connectivity index is -0.000000274. The third-order valence-electron chi connectivity index (χ3n) is 5.91. The molecule has 130 valence electrons. The van der Waals surface area contributed by atoms with Crippen LogP contribution in [-0.4, -0.2) is 17.6 Å². The summed E-state index contributed by atoms with van der Waals surface area (Å²) >= 11 is 0. The molecule has 2 aliphatic carbocycles. The van der Waals surface area contributed by atoms with Gasteiger partial charge in [-0.15, -0.1) is 0 Å². The topological polar surface area (TPSA) is 79.1 Å². The summed E-state index contributed by atoms with van der Waals surface area (Å²) in [5, 5.41) is 0. The molecule has 0 unspecified atom stereocenters. The summed E-state index contributed by atoms with van der Waals surface area (Å²) in [4.78, 5) is 0. The smallest absolute Gasteiger partial charge is 0.676 e. The van der Waals surface area contributed by atoms with Crippen LogP contribution in [0.1, 0.15) is 60.3 Å². The summed E-state index contributed by atoms with van der Waals surface area (Å²) in [6.07, 6.45) is 4.25. The van der Waals surface area contributed by atoms with Gasteiger partial charge in [0.15, 0.2) is 0 Å². The quantitative estimate of drug-likeness (QED) is 0.430. The number of hydrogen-bond acceptors (Lipinski definition) is 0. The fourth-order valence-corrected chi connectivity index (χ4v) is 3.52. The largest absolute Gasteiger partial charge is 3.00 e. The second-order valence-electron chi connectivity index (χ2n) is 6.79. The number of rotatable bonds is 0. The second-order valence-corrected chi connectivity index (χ2v) is 6.79. The van der Waals surface area contributed by atoms with Gasteiger partial charge in [-0.05, 0) is 29.6 Å². The molecule has 0 spiro atoms. The molecule has 4 heteroatoms. The van der Waals surface area contributed by atoms with Crippen molar-refractivity contribution in [2.24, 2.45) is 29.6 Å². The molecule has 0 radical (unpaired) electrons. The number of hydrogen-bond donors (Lipinski definition) is 0. The first-order chi connectivity index (χ1) is 8.36. The van der Waals surface area contributed by atoms with Crippen LogP contribution in [0.3, 0.4) is 0 Å². The zero-order valence-corrected chi connectivity index (χ0v) is 17.1. The van der Waals surface area contributed by atoms with Crippen molar-refractivity contribution in [3.05, 3.63) is 18.9 Å². The van der Waals surface area contributed by atoms with E-state index >= 15 is 0 Å². The molecule has 0 aromatic heterocycles. The molecule has 0 aromatic rings. The maximum Gasteiger partial charge on any atom is 3.00 e. The average molecular weight is 478 g/mol. The molecule has 21 heavy (non-hydrogen) atoms. The minimum absolute atomic E-state index is 0. The van der Waals surface area contributed by atoms with Crippen molar-refractivity contribution in [2.45, 2.75) is 72.4 Å². The zero-order valence-electron chi connectivity index (χ0n) is 14.7. The first kappa shape index (κ1) is 26.4. The Kier molecular flexibility index (Phi) is 15.1. The molecule has 0 aromatic carbocycles. The molecule has 2 atom stereocenters. The maximum atomic E-state index is 7.29. The molecule has 2 saturated carbocycles. The molecular formula is C17H37IrN2O. The molecule has 0 bridgehead atoms. The Morgan fingerprint density at radius 3 is 0.952 bits per heavy atom. The van der Waals surface area contributed by atoms with Crippen LogP contribution >= 0.6 is 0 Å². The first-order valence-electron chi connectivity index (χ1n) is 7.78. The third-order valence-corrected chi connectivity index (χ3v) is 5.91. The van der Waals surface area contributed by atoms with Gasteiger partial charge in [0.1, 0.15) is 0 Å². The van der Waals surface area contributed by atoms with Gasteiger partial charge in [0, 0.05) is 0 Å². The van der Waals surface area contributed by atoms with E-state index in [9.17, 15) is 0 Å². The third kappa shape index (κ3) is 7.09. The predicted octanol–water partition coefficient (Wildman–Crippen LogP) is 5.21. The van der Waals surface area contributed by atoms with Crippen molar-refractivity contribution >= 4 is 0 Å². The standard InChI is InChI=1S/C10H20.C6H12N2.CH3.Ir.H2O/c1-6-7(2)9(4)10(5)8(6)3;7-5-3-1-2-4-6(5)8;;;/h6-10H,1-5H3;5-8H,1-4H2;1H3;;1H2/q;-2;-1;+3;/t;5-,6-;;;/m.0.../s1. The summed E-state index contributed by atoms with van der Waals surface area (Å²) in [5.74, 6) is 4.68. The van der Waals surface area contributed by atoms with Crippen LogP contribution in [0.4, 0.5) is 0 Å². The van der Waals surface area contributed by atoms with Gasteiger partial charge in [-0.2, -0.15) is 12.1 Å². The van der Waals surface area contributed by atoms with Gasteiger partial charge in [0.2, 0.25) is 0 Å². The molecule has 3 nitrogen and oxygen atoms in total. The summed E-state index contributed by atoms with van der Waals surface area (Å²) in [6, 6.07) is -0.160. The summed E-state index contributed by atoms with van der Waals surface area (Å²) < 4.78 is 0. The van der Waals surface area contributed by atoms with E-state index in [1.807, 2.05) is 0 Å². The van der Waals surface area contributed by atoms with Crippen molar-refractivity contribution < 1.29 is 25.6 Å². The van der Waals surface area contributed by atoms with E-state index in [0.717, 1.165) is 42.4 Å². The van der Waals surface area contributed by atoms with Crippen LogP contribution in [-0.2, 0) is 20.1 Å². The van der Waals surface area contributed by atoms with Crippen LogP contribution in [0.15, 0.2) is 0 Å². The van der Waals surface area contributed by atoms with Crippen molar-refractivity contribution in [1.82, 2.24) is 0 Å². The van der Waals surface area contributed by atoms with Gasteiger partial charge in [-0.1, -0.05) is 60.3 Å².